The van der Waals surface area contributed by atoms with Crippen LogP contribution in [0, 0.1) is 3.70 Å². The maximum Gasteiger partial charge on any atom is 0.428 e. The van der Waals surface area contributed by atoms with Crippen molar-refractivity contribution in [3.8, 4) is 0 Å². The quantitative estimate of drug-likeness (QED) is 0.549. The molecule has 0 aromatic carbocycles. The molecule has 2 aromatic rings. The third-order valence-corrected chi connectivity index (χ3v) is 3.59. The minimum absolute atomic E-state index is 0.00907. The number of hydrogen-bond donors (Lipinski definition) is 2. The van der Waals surface area contributed by atoms with Gasteiger partial charge >= 0.3 is 12.4 Å². The average molecular weight is 441 g/mol. The van der Waals surface area contributed by atoms with E-state index in [2.05, 4.69) is 15.1 Å². The molecule has 122 valence electrons. The van der Waals surface area contributed by atoms with Gasteiger partial charge in [-0.2, -0.15) is 31.4 Å². The van der Waals surface area contributed by atoms with Crippen molar-refractivity contribution in [3.05, 3.63) is 10.0 Å². The summed E-state index contributed by atoms with van der Waals surface area (Å²) < 4.78 is 76.5. The van der Waals surface area contributed by atoms with E-state index in [1.807, 2.05) is 0 Å². The Labute approximate surface area is 131 Å². The molecule has 0 fully saturated rings. The van der Waals surface area contributed by atoms with Crippen molar-refractivity contribution in [1.82, 2.24) is 19.7 Å². The summed E-state index contributed by atoms with van der Waals surface area (Å²) >= 11 is 1.56. The van der Waals surface area contributed by atoms with Crippen LogP contribution in [0.4, 0.5) is 32.2 Å². The Hall–Kier alpha value is -1.38. The Balaban J connectivity index is 2.61. The van der Waals surface area contributed by atoms with Crippen LogP contribution in [0.1, 0.15) is 0 Å². The highest BCUT2D eigenvalue weighted by molar-refractivity contribution is 14.1. The second kappa shape index (κ2) is 5.07. The van der Waals surface area contributed by atoms with Gasteiger partial charge in [-0.3, -0.25) is 0 Å². The van der Waals surface area contributed by atoms with E-state index in [-0.39, 0.29) is 20.6 Å². The largest absolute Gasteiger partial charge is 0.428 e. The van der Waals surface area contributed by atoms with Gasteiger partial charge in [0, 0.05) is 0 Å². The third kappa shape index (κ3) is 2.55. The molecule has 0 saturated carbocycles. The predicted octanol–water partition coefficient (Wildman–Crippen LogP) is 1.87. The second-order valence-electron chi connectivity index (χ2n) is 4.26. The van der Waals surface area contributed by atoms with Gasteiger partial charge in [0.25, 0.3) is 5.60 Å². The van der Waals surface area contributed by atoms with Crippen LogP contribution in [0.25, 0.3) is 11.0 Å². The molecule has 2 heterocycles. The van der Waals surface area contributed by atoms with Gasteiger partial charge in [-0.15, -0.1) is 0 Å². The van der Waals surface area contributed by atoms with Gasteiger partial charge in [0.05, 0.1) is 11.9 Å². The number of alkyl halides is 6. The Kier molecular flexibility index (Phi) is 3.92. The van der Waals surface area contributed by atoms with Gasteiger partial charge in [-0.1, -0.05) is 0 Å². The van der Waals surface area contributed by atoms with Crippen molar-refractivity contribution >= 4 is 39.4 Å². The minimum atomic E-state index is -5.95. The summed E-state index contributed by atoms with van der Waals surface area (Å²) in [7, 11) is 0. The van der Waals surface area contributed by atoms with E-state index in [1.165, 1.54) is 0 Å². The number of rotatable bonds is 2. The van der Waals surface area contributed by atoms with Gasteiger partial charge in [0.15, 0.2) is 5.65 Å². The first kappa shape index (κ1) is 17.0. The number of halogens is 7. The van der Waals surface area contributed by atoms with E-state index in [1.54, 1.807) is 22.6 Å². The summed E-state index contributed by atoms with van der Waals surface area (Å²) in [4.78, 5) is 7.15. The Morgan fingerprint density at radius 2 is 1.68 bits per heavy atom. The molecule has 0 aliphatic carbocycles. The van der Waals surface area contributed by atoms with Gasteiger partial charge in [-0.25, -0.2) is 14.6 Å². The summed E-state index contributed by atoms with van der Waals surface area (Å²) in [6.07, 6.45) is -11.0. The minimum Gasteiger partial charge on any atom is -0.383 e. The molecule has 2 rings (SSSR count). The maximum atomic E-state index is 12.7. The van der Waals surface area contributed by atoms with Crippen LogP contribution in [0.5, 0.6) is 0 Å². The van der Waals surface area contributed by atoms with E-state index < -0.39 is 24.5 Å². The molecule has 0 aliphatic rings. The van der Waals surface area contributed by atoms with Gasteiger partial charge in [-0.05, 0) is 22.6 Å². The molecule has 0 radical (unpaired) electrons. The van der Waals surface area contributed by atoms with Crippen LogP contribution >= 0.6 is 22.6 Å². The summed E-state index contributed by atoms with van der Waals surface area (Å²) in [5.41, 5.74) is 0.175. The number of nitrogens with zero attached hydrogens (tertiary/aromatic N) is 4. The average Bonchev–Trinajstić information content (AvgIpc) is 2.64. The number of fused-ring (bicyclic) bond motifs is 1. The molecule has 0 unspecified atom stereocenters. The van der Waals surface area contributed by atoms with Crippen molar-refractivity contribution in [3.63, 3.8) is 0 Å². The fourth-order valence-corrected chi connectivity index (χ4v) is 2.43. The van der Waals surface area contributed by atoms with Gasteiger partial charge < -0.3 is 10.8 Å². The standard InChI is InChI=1S/C9H6F6IN5O/c10-8(11,12)7(22,9(13,14)15)1-21-6-3(4(16)20-21)5(17)18-2-19-6/h2,22H,1H2,(H2,17,18,19). The second-order valence-corrected chi connectivity index (χ2v) is 5.28. The van der Waals surface area contributed by atoms with E-state index in [4.69, 9.17) is 5.73 Å². The molecule has 3 N–H and O–H groups in total. The van der Waals surface area contributed by atoms with Crippen LogP contribution in [0.3, 0.4) is 0 Å². The number of hydrogen-bond acceptors (Lipinski definition) is 5. The number of aliphatic hydroxyl groups is 1. The summed E-state index contributed by atoms with van der Waals surface area (Å²) in [5.74, 6) is -0.150. The molecule has 0 saturated heterocycles. The molecule has 6 nitrogen and oxygen atoms in total. The molecule has 2 aromatic heterocycles. The molecule has 0 aliphatic heterocycles. The van der Waals surface area contributed by atoms with Gasteiger partial charge in [0.2, 0.25) is 0 Å². The predicted molar refractivity (Wildman–Crippen MR) is 69.5 cm³/mol. The monoisotopic (exact) mass is 441 g/mol. The van der Waals surface area contributed by atoms with Crippen LogP contribution in [0.2, 0.25) is 0 Å². The van der Waals surface area contributed by atoms with Crippen molar-refractivity contribution in [2.75, 3.05) is 5.73 Å². The van der Waals surface area contributed by atoms with E-state index in [0.717, 1.165) is 6.33 Å². The lowest BCUT2D eigenvalue weighted by Crippen LogP contribution is -2.59. The SMILES string of the molecule is Nc1ncnc2c1c(I)nn2CC(O)(C(F)(F)F)C(F)(F)F. The Bertz CT molecular complexity index is 697. The van der Waals surface area contributed by atoms with E-state index in [9.17, 15) is 31.4 Å². The first-order valence-corrected chi connectivity index (χ1v) is 6.44. The third-order valence-electron chi connectivity index (χ3n) is 2.83. The number of anilines is 1. The molecule has 0 atom stereocenters. The summed E-state index contributed by atoms with van der Waals surface area (Å²) in [6.45, 7) is -1.91. The molecule has 0 amide bonds. The van der Waals surface area contributed by atoms with Gasteiger partial charge in [0.1, 0.15) is 15.8 Å². The van der Waals surface area contributed by atoms with Crippen molar-refractivity contribution < 1.29 is 31.4 Å². The van der Waals surface area contributed by atoms with Crippen molar-refractivity contribution in [1.29, 1.82) is 0 Å². The normalized spacial score (nSPS) is 13.8. The fraction of sp³-hybridized carbons (Fsp3) is 0.444. The first-order chi connectivity index (χ1) is 9.88. The lowest BCUT2D eigenvalue weighted by molar-refractivity contribution is -0.372. The summed E-state index contributed by atoms with van der Waals surface area (Å²) in [5, 5.41) is 12.7. The molecular weight excluding hydrogens is 435 g/mol. The fourth-order valence-electron chi connectivity index (χ4n) is 1.65. The molecular formula is C9H6F6IN5O. The van der Waals surface area contributed by atoms with Crippen molar-refractivity contribution in [2.45, 2.75) is 24.5 Å². The smallest absolute Gasteiger partial charge is 0.383 e. The number of nitrogens with two attached hydrogens (primary N) is 1. The number of nitrogen functional groups attached to an aromatic ring is 1. The molecule has 22 heavy (non-hydrogen) atoms. The van der Waals surface area contributed by atoms with Crippen LogP contribution in [-0.2, 0) is 6.54 Å². The zero-order valence-corrected chi connectivity index (χ0v) is 12.4. The highest BCUT2D eigenvalue weighted by atomic mass is 127. The van der Waals surface area contributed by atoms with Crippen LogP contribution in [0.15, 0.2) is 6.33 Å². The number of aromatic nitrogens is 4. The Morgan fingerprint density at radius 3 is 2.18 bits per heavy atom. The van der Waals surface area contributed by atoms with E-state index >= 15 is 0 Å². The van der Waals surface area contributed by atoms with E-state index in [0.29, 0.717) is 4.68 Å². The lowest BCUT2D eigenvalue weighted by Gasteiger charge is -2.32. The highest BCUT2D eigenvalue weighted by Gasteiger charge is 2.70. The zero-order valence-electron chi connectivity index (χ0n) is 10.2. The molecule has 0 bridgehead atoms. The van der Waals surface area contributed by atoms with Crippen LogP contribution in [-0.4, -0.2) is 42.8 Å². The lowest BCUT2D eigenvalue weighted by atomic mass is 10.0. The highest BCUT2D eigenvalue weighted by Crippen LogP contribution is 2.44. The zero-order chi connectivity index (χ0) is 16.9. The topological polar surface area (TPSA) is 89.9 Å². The maximum absolute atomic E-state index is 12.7. The molecule has 13 heteroatoms. The molecule has 0 spiro atoms. The van der Waals surface area contributed by atoms with Crippen molar-refractivity contribution in [2.24, 2.45) is 0 Å². The van der Waals surface area contributed by atoms with Crippen LogP contribution < -0.4 is 5.73 Å². The Morgan fingerprint density at radius 1 is 1.14 bits per heavy atom. The first-order valence-electron chi connectivity index (χ1n) is 5.37. The summed E-state index contributed by atoms with van der Waals surface area (Å²) in [6, 6.07) is 0.